The molecule has 0 saturated carbocycles. The number of aromatic nitrogens is 1. The predicted molar refractivity (Wildman–Crippen MR) is 72.8 cm³/mol. The number of benzene rings is 1. The van der Waals surface area contributed by atoms with E-state index in [4.69, 9.17) is 4.74 Å². The van der Waals surface area contributed by atoms with Crippen molar-refractivity contribution in [1.29, 1.82) is 0 Å². The largest absolute Gasteiger partial charge is 0.456 e. The Hall–Kier alpha value is -1.55. The fraction of sp³-hybridized carbons (Fsp3) is 0.154. The first-order chi connectivity index (χ1) is 8.16. The summed E-state index contributed by atoms with van der Waals surface area (Å²) in [6.45, 7) is 0. The summed E-state index contributed by atoms with van der Waals surface area (Å²) in [5.74, 6) is 1.57. The average Bonchev–Trinajstić information content (AvgIpc) is 2.32. The lowest BCUT2D eigenvalue weighted by atomic mass is 10.3. The number of ether oxygens (including phenoxy) is 1. The molecule has 0 radical (unpaired) electrons. The van der Waals surface area contributed by atoms with Gasteiger partial charge in [-0.2, -0.15) is 0 Å². The summed E-state index contributed by atoms with van der Waals surface area (Å²) < 4.78 is 6.63. The summed E-state index contributed by atoms with van der Waals surface area (Å²) >= 11 is 3.40. The van der Waals surface area contributed by atoms with Crippen LogP contribution in [0.15, 0.2) is 47.2 Å². The molecule has 0 amide bonds. The minimum absolute atomic E-state index is 0.760. The lowest BCUT2D eigenvalue weighted by Crippen LogP contribution is -2.08. The van der Waals surface area contributed by atoms with Crippen molar-refractivity contribution in [1.82, 2.24) is 4.98 Å². The van der Waals surface area contributed by atoms with Crippen LogP contribution in [-0.4, -0.2) is 19.1 Å². The fourth-order valence-corrected chi connectivity index (χ4v) is 1.73. The number of hydrogen-bond acceptors (Lipinski definition) is 3. The third-order valence-corrected chi connectivity index (χ3v) is 2.89. The van der Waals surface area contributed by atoms with Crippen LogP contribution in [0.5, 0.6) is 11.5 Å². The molecule has 17 heavy (non-hydrogen) atoms. The monoisotopic (exact) mass is 292 g/mol. The molecule has 3 nitrogen and oxygen atoms in total. The molecular formula is C13H13BrN2O. The predicted octanol–water partition coefficient (Wildman–Crippen LogP) is 3.70. The van der Waals surface area contributed by atoms with E-state index in [2.05, 4.69) is 20.9 Å². The van der Waals surface area contributed by atoms with E-state index in [0.29, 0.717) is 0 Å². The molecule has 0 aliphatic carbocycles. The van der Waals surface area contributed by atoms with Gasteiger partial charge in [0.05, 0.1) is 4.47 Å². The number of rotatable bonds is 3. The Labute approximate surface area is 109 Å². The van der Waals surface area contributed by atoms with Crippen molar-refractivity contribution >= 4 is 21.6 Å². The minimum atomic E-state index is 0.760. The third-order valence-electron chi connectivity index (χ3n) is 2.30. The highest BCUT2D eigenvalue weighted by atomic mass is 79.9. The highest BCUT2D eigenvalue weighted by Gasteiger charge is 2.03. The second-order valence-electron chi connectivity index (χ2n) is 3.80. The summed E-state index contributed by atoms with van der Waals surface area (Å²) in [7, 11) is 4.00. The molecule has 0 N–H and O–H groups in total. The highest BCUT2D eigenvalue weighted by Crippen LogP contribution is 2.29. The molecule has 88 valence electrons. The van der Waals surface area contributed by atoms with Gasteiger partial charge in [0.15, 0.2) is 0 Å². The van der Waals surface area contributed by atoms with E-state index in [1.807, 2.05) is 49.3 Å². The number of halogens is 1. The van der Waals surface area contributed by atoms with Crippen LogP contribution >= 0.6 is 15.9 Å². The molecule has 1 aromatic heterocycles. The number of hydrogen-bond donors (Lipinski definition) is 0. The van der Waals surface area contributed by atoms with E-state index < -0.39 is 0 Å². The molecular weight excluding hydrogens is 280 g/mol. The zero-order valence-corrected chi connectivity index (χ0v) is 11.3. The van der Waals surface area contributed by atoms with Crippen LogP contribution < -0.4 is 9.64 Å². The van der Waals surface area contributed by atoms with E-state index in [0.717, 1.165) is 21.7 Å². The lowest BCUT2D eigenvalue weighted by Gasteiger charge is -2.14. The van der Waals surface area contributed by atoms with Gasteiger partial charge >= 0.3 is 0 Å². The zero-order chi connectivity index (χ0) is 12.3. The normalized spacial score (nSPS) is 10.1. The molecule has 4 heteroatoms. The number of anilines is 1. The first-order valence-corrected chi connectivity index (χ1v) is 6.01. The first kappa shape index (κ1) is 11.9. The SMILES string of the molecule is CN(C)c1cccc(Oc2ccncc2Br)c1. The molecule has 0 saturated heterocycles. The summed E-state index contributed by atoms with van der Waals surface area (Å²) in [6.07, 6.45) is 3.42. The van der Waals surface area contributed by atoms with E-state index in [9.17, 15) is 0 Å². The van der Waals surface area contributed by atoms with Crippen molar-refractivity contribution in [2.45, 2.75) is 0 Å². The highest BCUT2D eigenvalue weighted by molar-refractivity contribution is 9.10. The lowest BCUT2D eigenvalue weighted by molar-refractivity contribution is 0.479. The molecule has 1 aromatic carbocycles. The van der Waals surface area contributed by atoms with Crippen molar-refractivity contribution < 1.29 is 4.74 Å². The van der Waals surface area contributed by atoms with Gasteiger partial charge in [0.2, 0.25) is 0 Å². The third kappa shape index (κ3) is 2.97. The van der Waals surface area contributed by atoms with Crippen molar-refractivity contribution in [2.75, 3.05) is 19.0 Å². The maximum absolute atomic E-state index is 5.79. The molecule has 0 atom stereocenters. The number of pyridine rings is 1. The van der Waals surface area contributed by atoms with Gasteiger partial charge in [0, 0.05) is 44.3 Å². The molecule has 1 heterocycles. The second kappa shape index (κ2) is 5.19. The van der Waals surface area contributed by atoms with Gasteiger partial charge in [0.25, 0.3) is 0 Å². The Balaban J connectivity index is 2.25. The molecule has 0 aliphatic heterocycles. The van der Waals surface area contributed by atoms with Crippen LogP contribution in [0.25, 0.3) is 0 Å². The summed E-state index contributed by atoms with van der Waals surface area (Å²) in [4.78, 5) is 6.03. The van der Waals surface area contributed by atoms with Gasteiger partial charge in [-0.25, -0.2) is 0 Å². The van der Waals surface area contributed by atoms with Gasteiger partial charge in [-0.15, -0.1) is 0 Å². The Bertz CT molecular complexity index is 514. The summed E-state index contributed by atoms with van der Waals surface area (Å²) in [5, 5.41) is 0. The molecule has 2 aromatic rings. The summed E-state index contributed by atoms with van der Waals surface area (Å²) in [6, 6.07) is 9.76. The van der Waals surface area contributed by atoms with Gasteiger partial charge in [-0.05, 0) is 28.1 Å². The standard InChI is InChI=1S/C13H13BrN2O/c1-16(2)10-4-3-5-11(8-10)17-13-6-7-15-9-12(13)14/h3-9H,1-2H3. The molecule has 0 unspecified atom stereocenters. The van der Waals surface area contributed by atoms with Gasteiger partial charge in [-0.3, -0.25) is 4.98 Å². The minimum Gasteiger partial charge on any atom is -0.456 e. The maximum atomic E-state index is 5.79. The molecule has 0 spiro atoms. The van der Waals surface area contributed by atoms with E-state index >= 15 is 0 Å². The van der Waals surface area contributed by atoms with Crippen molar-refractivity contribution in [3.8, 4) is 11.5 Å². The zero-order valence-electron chi connectivity index (χ0n) is 9.72. The van der Waals surface area contributed by atoms with E-state index in [1.54, 1.807) is 12.4 Å². The number of nitrogens with zero attached hydrogens (tertiary/aromatic N) is 2. The van der Waals surface area contributed by atoms with Gasteiger partial charge < -0.3 is 9.64 Å². The van der Waals surface area contributed by atoms with Gasteiger partial charge in [-0.1, -0.05) is 6.07 Å². The van der Waals surface area contributed by atoms with Crippen molar-refractivity contribution in [3.63, 3.8) is 0 Å². The fourth-order valence-electron chi connectivity index (χ4n) is 1.40. The van der Waals surface area contributed by atoms with Crippen LogP contribution in [0.1, 0.15) is 0 Å². The summed E-state index contributed by atoms with van der Waals surface area (Å²) in [5.41, 5.74) is 1.10. The van der Waals surface area contributed by atoms with E-state index in [-0.39, 0.29) is 0 Å². The van der Waals surface area contributed by atoms with Crippen LogP contribution in [0.3, 0.4) is 0 Å². The molecule has 0 bridgehead atoms. The smallest absolute Gasteiger partial charge is 0.144 e. The van der Waals surface area contributed by atoms with E-state index in [1.165, 1.54) is 0 Å². The Morgan fingerprint density at radius 2 is 2.06 bits per heavy atom. The van der Waals surface area contributed by atoms with Crippen LogP contribution in [0.2, 0.25) is 0 Å². The van der Waals surface area contributed by atoms with Crippen molar-refractivity contribution in [3.05, 3.63) is 47.2 Å². The molecule has 2 rings (SSSR count). The average molecular weight is 293 g/mol. The second-order valence-corrected chi connectivity index (χ2v) is 4.65. The van der Waals surface area contributed by atoms with Crippen LogP contribution in [0, 0.1) is 0 Å². The quantitative estimate of drug-likeness (QED) is 0.862. The van der Waals surface area contributed by atoms with Crippen LogP contribution in [0.4, 0.5) is 5.69 Å². The topological polar surface area (TPSA) is 25.4 Å². The molecule has 0 fully saturated rings. The van der Waals surface area contributed by atoms with Gasteiger partial charge in [0.1, 0.15) is 11.5 Å². The Kier molecular flexibility index (Phi) is 3.64. The van der Waals surface area contributed by atoms with Crippen molar-refractivity contribution in [2.24, 2.45) is 0 Å². The maximum Gasteiger partial charge on any atom is 0.144 e. The Morgan fingerprint density at radius 1 is 1.24 bits per heavy atom. The Morgan fingerprint density at radius 3 is 2.76 bits per heavy atom. The molecule has 0 aliphatic rings. The van der Waals surface area contributed by atoms with Crippen LogP contribution in [-0.2, 0) is 0 Å². The first-order valence-electron chi connectivity index (χ1n) is 5.21.